The maximum Gasteiger partial charge on any atom is 0.309 e. The minimum absolute atomic E-state index is 0.0242. The topological polar surface area (TPSA) is 40.0 Å². The van der Waals surface area contributed by atoms with Crippen molar-refractivity contribution in [2.75, 3.05) is 26.8 Å². The van der Waals surface area contributed by atoms with E-state index in [9.17, 15) is 4.79 Å². The summed E-state index contributed by atoms with van der Waals surface area (Å²) >= 11 is 0. The predicted octanol–water partition coefficient (Wildman–Crippen LogP) is 1.05. The number of benzene rings is 1. The molecule has 1 heterocycles. The fourth-order valence-electron chi connectivity index (χ4n) is 2.82. The van der Waals surface area contributed by atoms with Gasteiger partial charge in [-0.2, -0.15) is 0 Å². The summed E-state index contributed by atoms with van der Waals surface area (Å²) in [5, 5.41) is 0. The standard InChI is InChI=1S/C16H23NO3/c1-3-20-16(18)13-8-10-17(11-9-13)12-14-6-4-5-7-15(14)19-2/h4-7,13H,3,8-12H2,1-2H3/p+1. The summed E-state index contributed by atoms with van der Waals surface area (Å²) < 4.78 is 10.5. The van der Waals surface area contributed by atoms with Gasteiger partial charge in [0.15, 0.2) is 0 Å². The molecule has 4 nitrogen and oxygen atoms in total. The van der Waals surface area contributed by atoms with Crippen LogP contribution in [0.1, 0.15) is 25.3 Å². The number of quaternary nitrogens is 1. The zero-order chi connectivity index (χ0) is 14.4. The van der Waals surface area contributed by atoms with Gasteiger partial charge < -0.3 is 14.4 Å². The highest BCUT2D eigenvalue weighted by molar-refractivity contribution is 5.72. The number of rotatable bonds is 5. The van der Waals surface area contributed by atoms with Crippen molar-refractivity contribution < 1.29 is 19.2 Å². The van der Waals surface area contributed by atoms with Gasteiger partial charge in [-0.25, -0.2) is 0 Å². The number of methoxy groups -OCH3 is 1. The van der Waals surface area contributed by atoms with Crippen molar-refractivity contribution in [3.05, 3.63) is 29.8 Å². The third kappa shape index (κ3) is 3.73. The summed E-state index contributed by atoms with van der Waals surface area (Å²) in [5.74, 6) is 1.02. The van der Waals surface area contributed by atoms with E-state index in [1.165, 1.54) is 10.5 Å². The number of piperidine rings is 1. The molecule has 20 heavy (non-hydrogen) atoms. The van der Waals surface area contributed by atoms with Gasteiger partial charge in [0.1, 0.15) is 12.3 Å². The summed E-state index contributed by atoms with van der Waals surface area (Å²) in [6.45, 7) is 5.33. The molecule has 1 aliphatic heterocycles. The Balaban J connectivity index is 1.87. The Hall–Kier alpha value is -1.55. The molecular formula is C16H24NO3+. The van der Waals surface area contributed by atoms with E-state index >= 15 is 0 Å². The summed E-state index contributed by atoms with van der Waals surface area (Å²) in [5.41, 5.74) is 1.24. The number of carbonyl (C=O) groups excluding carboxylic acids is 1. The van der Waals surface area contributed by atoms with Crippen LogP contribution in [-0.2, 0) is 16.1 Å². The largest absolute Gasteiger partial charge is 0.496 e. The number of para-hydroxylation sites is 1. The third-order valence-corrected chi connectivity index (χ3v) is 3.95. The Morgan fingerprint density at radius 3 is 2.65 bits per heavy atom. The molecule has 1 aliphatic rings. The van der Waals surface area contributed by atoms with E-state index in [0.29, 0.717) is 6.61 Å². The maximum atomic E-state index is 11.7. The molecule has 1 aromatic rings. The van der Waals surface area contributed by atoms with Crippen LogP contribution in [0.2, 0.25) is 0 Å². The molecule has 0 radical (unpaired) electrons. The fourth-order valence-corrected chi connectivity index (χ4v) is 2.82. The summed E-state index contributed by atoms with van der Waals surface area (Å²) in [4.78, 5) is 13.2. The second-order valence-corrected chi connectivity index (χ2v) is 5.26. The second kappa shape index (κ2) is 7.29. The average Bonchev–Trinajstić information content (AvgIpc) is 2.49. The highest BCUT2D eigenvalue weighted by atomic mass is 16.5. The van der Waals surface area contributed by atoms with Crippen molar-refractivity contribution in [3.8, 4) is 5.75 Å². The van der Waals surface area contributed by atoms with Crippen LogP contribution in [0.5, 0.6) is 5.75 Å². The Morgan fingerprint density at radius 1 is 1.30 bits per heavy atom. The van der Waals surface area contributed by atoms with E-state index < -0.39 is 0 Å². The molecule has 1 N–H and O–H groups in total. The Bertz CT molecular complexity index is 439. The number of carbonyl (C=O) groups is 1. The van der Waals surface area contributed by atoms with E-state index in [1.54, 1.807) is 7.11 Å². The van der Waals surface area contributed by atoms with E-state index in [-0.39, 0.29) is 11.9 Å². The zero-order valence-electron chi connectivity index (χ0n) is 12.4. The van der Waals surface area contributed by atoms with E-state index in [4.69, 9.17) is 9.47 Å². The van der Waals surface area contributed by atoms with Gasteiger partial charge in [-0.15, -0.1) is 0 Å². The van der Waals surface area contributed by atoms with Gasteiger partial charge in [0, 0.05) is 18.4 Å². The molecule has 4 heteroatoms. The highest BCUT2D eigenvalue weighted by Gasteiger charge is 2.28. The molecule has 0 spiro atoms. The van der Waals surface area contributed by atoms with E-state index in [1.807, 2.05) is 25.1 Å². The lowest BCUT2D eigenvalue weighted by Crippen LogP contribution is -3.11. The number of hydrogen-bond donors (Lipinski definition) is 1. The van der Waals surface area contributed by atoms with Crippen LogP contribution in [0.25, 0.3) is 0 Å². The van der Waals surface area contributed by atoms with E-state index in [0.717, 1.165) is 38.2 Å². The van der Waals surface area contributed by atoms with Gasteiger partial charge in [0.2, 0.25) is 0 Å². The van der Waals surface area contributed by atoms with Crippen molar-refractivity contribution in [2.24, 2.45) is 5.92 Å². The first-order chi connectivity index (χ1) is 9.74. The first-order valence-corrected chi connectivity index (χ1v) is 7.36. The third-order valence-electron chi connectivity index (χ3n) is 3.95. The first-order valence-electron chi connectivity index (χ1n) is 7.36. The van der Waals surface area contributed by atoms with Gasteiger partial charge in [0.05, 0.1) is 32.7 Å². The summed E-state index contributed by atoms with van der Waals surface area (Å²) in [6, 6.07) is 8.15. The van der Waals surface area contributed by atoms with Gasteiger partial charge in [-0.1, -0.05) is 12.1 Å². The number of hydrogen-bond acceptors (Lipinski definition) is 3. The molecule has 0 aliphatic carbocycles. The van der Waals surface area contributed by atoms with Gasteiger partial charge in [-0.3, -0.25) is 4.79 Å². The van der Waals surface area contributed by atoms with Crippen LogP contribution in [0.3, 0.4) is 0 Å². The second-order valence-electron chi connectivity index (χ2n) is 5.26. The minimum Gasteiger partial charge on any atom is -0.496 e. The average molecular weight is 278 g/mol. The normalized spacial score (nSPS) is 22.3. The Morgan fingerprint density at radius 2 is 2.00 bits per heavy atom. The summed E-state index contributed by atoms with van der Waals surface area (Å²) in [6.07, 6.45) is 1.84. The molecule has 0 bridgehead atoms. The molecule has 0 unspecified atom stereocenters. The Labute approximate surface area is 120 Å². The maximum absolute atomic E-state index is 11.7. The molecule has 1 fully saturated rings. The lowest BCUT2D eigenvalue weighted by atomic mass is 9.96. The van der Waals surface area contributed by atoms with Crippen LogP contribution >= 0.6 is 0 Å². The summed E-state index contributed by atoms with van der Waals surface area (Å²) in [7, 11) is 1.71. The minimum atomic E-state index is -0.0242. The van der Waals surface area contributed by atoms with Crippen molar-refractivity contribution in [2.45, 2.75) is 26.3 Å². The molecule has 1 aromatic carbocycles. The van der Waals surface area contributed by atoms with Gasteiger partial charge in [0.25, 0.3) is 0 Å². The monoisotopic (exact) mass is 278 g/mol. The molecule has 1 saturated heterocycles. The number of likely N-dealkylation sites (tertiary alicyclic amines) is 1. The SMILES string of the molecule is CCOC(=O)C1CC[NH+](Cc2ccccc2OC)CC1. The van der Waals surface area contributed by atoms with Crippen molar-refractivity contribution in [1.82, 2.24) is 0 Å². The smallest absolute Gasteiger partial charge is 0.309 e. The molecule has 0 aromatic heterocycles. The van der Waals surface area contributed by atoms with Crippen molar-refractivity contribution in [3.63, 3.8) is 0 Å². The fraction of sp³-hybridized carbons (Fsp3) is 0.562. The van der Waals surface area contributed by atoms with Crippen LogP contribution in [0.15, 0.2) is 24.3 Å². The van der Waals surface area contributed by atoms with E-state index in [2.05, 4.69) is 6.07 Å². The molecule has 110 valence electrons. The van der Waals surface area contributed by atoms with Crippen LogP contribution in [-0.4, -0.2) is 32.8 Å². The predicted molar refractivity (Wildman–Crippen MR) is 76.8 cm³/mol. The zero-order valence-corrected chi connectivity index (χ0v) is 12.4. The first kappa shape index (κ1) is 14.9. The van der Waals surface area contributed by atoms with Gasteiger partial charge >= 0.3 is 5.97 Å². The van der Waals surface area contributed by atoms with Crippen molar-refractivity contribution >= 4 is 5.97 Å². The van der Waals surface area contributed by atoms with Crippen LogP contribution in [0, 0.1) is 5.92 Å². The van der Waals surface area contributed by atoms with Crippen LogP contribution in [0.4, 0.5) is 0 Å². The number of esters is 1. The molecule has 0 saturated carbocycles. The molecule has 2 rings (SSSR count). The van der Waals surface area contributed by atoms with Gasteiger partial charge in [-0.05, 0) is 19.1 Å². The quantitative estimate of drug-likeness (QED) is 0.819. The molecule has 0 atom stereocenters. The highest BCUT2D eigenvalue weighted by Crippen LogP contribution is 2.17. The van der Waals surface area contributed by atoms with Crippen LogP contribution < -0.4 is 9.64 Å². The number of ether oxygens (including phenoxy) is 2. The molecule has 0 amide bonds. The number of nitrogens with one attached hydrogen (secondary N) is 1. The lowest BCUT2D eigenvalue weighted by Gasteiger charge is -2.28. The van der Waals surface area contributed by atoms with Crippen molar-refractivity contribution in [1.29, 1.82) is 0 Å². The lowest BCUT2D eigenvalue weighted by molar-refractivity contribution is -0.919. The molecular weight excluding hydrogens is 254 g/mol. The Kier molecular flexibility index (Phi) is 5.41.